The molecule has 7 heteroatoms. The number of amides is 2. The highest BCUT2D eigenvalue weighted by atomic mass is 16.6. The van der Waals surface area contributed by atoms with Crippen LogP contribution in [0.4, 0.5) is 4.79 Å². The highest BCUT2D eigenvalue weighted by molar-refractivity contribution is 5.90. The molecule has 1 saturated heterocycles. The molecule has 3 rings (SSSR count). The molecule has 2 atom stereocenters. The normalized spacial score (nSPS) is 19.5. The third kappa shape index (κ3) is 3.83. The van der Waals surface area contributed by atoms with Gasteiger partial charge < -0.3 is 15.2 Å². The van der Waals surface area contributed by atoms with Crippen LogP contribution in [0.5, 0.6) is 0 Å². The maximum Gasteiger partial charge on any atom is 0.411 e. The summed E-state index contributed by atoms with van der Waals surface area (Å²) in [5.74, 6) is -1.65. The van der Waals surface area contributed by atoms with Gasteiger partial charge in [0.25, 0.3) is 0 Å². The van der Waals surface area contributed by atoms with Gasteiger partial charge in [0.15, 0.2) is 6.04 Å². The van der Waals surface area contributed by atoms with Crippen molar-refractivity contribution in [3.63, 3.8) is 0 Å². The zero-order valence-electron chi connectivity index (χ0n) is 13.9. The fourth-order valence-electron chi connectivity index (χ4n) is 2.91. The van der Waals surface area contributed by atoms with Crippen molar-refractivity contribution < 1.29 is 24.2 Å². The van der Waals surface area contributed by atoms with Gasteiger partial charge in [0.2, 0.25) is 5.91 Å². The van der Waals surface area contributed by atoms with Gasteiger partial charge in [0, 0.05) is 0 Å². The Kier molecular flexibility index (Phi) is 5.17. The zero-order valence-corrected chi connectivity index (χ0v) is 13.9. The maximum absolute atomic E-state index is 12.5. The Bertz CT molecular complexity index is 794. The van der Waals surface area contributed by atoms with E-state index in [0.29, 0.717) is 5.56 Å². The number of nitrogens with one attached hydrogen (secondary N) is 1. The first-order chi connectivity index (χ1) is 12.6. The summed E-state index contributed by atoms with van der Waals surface area (Å²) in [5, 5.41) is 12.3. The van der Waals surface area contributed by atoms with Crippen LogP contribution in [-0.2, 0) is 20.9 Å². The van der Waals surface area contributed by atoms with Crippen LogP contribution in [0, 0.1) is 0 Å². The maximum atomic E-state index is 12.5. The summed E-state index contributed by atoms with van der Waals surface area (Å²) in [5.41, 5.74) is 1.38. The van der Waals surface area contributed by atoms with Gasteiger partial charge in [0.05, 0.1) is 6.04 Å². The minimum Gasteiger partial charge on any atom is -0.480 e. The van der Waals surface area contributed by atoms with E-state index in [2.05, 4.69) is 5.32 Å². The van der Waals surface area contributed by atoms with E-state index in [-0.39, 0.29) is 13.2 Å². The van der Waals surface area contributed by atoms with E-state index < -0.39 is 30.1 Å². The molecule has 2 aromatic rings. The molecule has 7 nitrogen and oxygen atoms in total. The first kappa shape index (κ1) is 17.5. The van der Waals surface area contributed by atoms with Gasteiger partial charge in [-0.3, -0.25) is 9.69 Å². The summed E-state index contributed by atoms with van der Waals surface area (Å²) >= 11 is 0. The highest BCUT2D eigenvalue weighted by Crippen LogP contribution is 2.25. The number of ether oxygens (including phenoxy) is 1. The number of aliphatic carboxylic acids is 1. The number of benzene rings is 2. The molecule has 1 fully saturated rings. The molecular weight excluding hydrogens is 336 g/mol. The topological polar surface area (TPSA) is 95.9 Å². The van der Waals surface area contributed by atoms with Crippen molar-refractivity contribution >= 4 is 18.0 Å². The predicted octanol–water partition coefficient (Wildman–Crippen LogP) is 1.95. The Hall–Kier alpha value is -3.35. The summed E-state index contributed by atoms with van der Waals surface area (Å²) in [4.78, 5) is 37.3. The summed E-state index contributed by atoms with van der Waals surface area (Å²) in [6.07, 6.45) is -0.836. The van der Waals surface area contributed by atoms with Crippen LogP contribution in [0.15, 0.2) is 60.7 Å². The molecule has 0 aliphatic carbocycles. The van der Waals surface area contributed by atoms with Gasteiger partial charge in [-0.15, -0.1) is 0 Å². The minimum absolute atomic E-state index is 0.000134. The van der Waals surface area contributed by atoms with Crippen LogP contribution < -0.4 is 5.32 Å². The Morgan fingerprint density at radius 2 is 1.69 bits per heavy atom. The van der Waals surface area contributed by atoms with Gasteiger partial charge in [0.1, 0.15) is 13.2 Å². The number of hydrogen-bond acceptors (Lipinski definition) is 4. The van der Waals surface area contributed by atoms with E-state index in [4.69, 9.17) is 4.74 Å². The van der Waals surface area contributed by atoms with Crippen molar-refractivity contribution in [1.82, 2.24) is 10.2 Å². The summed E-state index contributed by atoms with van der Waals surface area (Å²) in [6, 6.07) is 15.6. The first-order valence-electron chi connectivity index (χ1n) is 8.10. The van der Waals surface area contributed by atoms with Crippen molar-refractivity contribution in [3.05, 3.63) is 71.8 Å². The molecule has 0 radical (unpaired) electrons. The molecule has 134 valence electrons. The number of piperazine rings is 1. The molecule has 1 heterocycles. The van der Waals surface area contributed by atoms with Crippen molar-refractivity contribution in [2.45, 2.75) is 18.7 Å². The van der Waals surface area contributed by atoms with Gasteiger partial charge >= 0.3 is 12.1 Å². The smallest absolute Gasteiger partial charge is 0.411 e. The van der Waals surface area contributed by atoms with Crippen LogP contribution >= 0.6 is 0 Å². The van der Waals surface area contributed by atoms with Gasteiger partial charge in [-0.1, -0.05) is 60.7 Å². The van der Waals surface area contributed by atoms with Crippen molar-refractivity contribution in [2.24, 2.45) is 0 Å². The van der Waals surface area contributed by atoms with E-state index in [9.17, 15) is 19.5 Å². The van der Waals surface area contributed by atoms with E-state index in [1.54, 1.807) is 42.5 Å². The largest absolute Gasteiger partial charge is 0.480 e. The molecule has 1 aliphatic rings. The number of carbonyl (C=O) groups excluding carboxylic acids is 2. The molecule has 2 amide bonds. The van der Waals surface area contributed by atoms with Crippen LogP contribution in [0.2, 0.25) is 0 Å². The Labute approximate surface area is 150 Å². The monoisotopic (exact) mass is 354 g/mol. The summed E-state index contributed by atoms with van der Waals surface area (Å²) in [7, 11) is 0. The quantitative estimate of drug-likeness (QED) is 0.875. The second kappa shape index (κ2) is 7.69. The minimum atomic E-state index is -1.25. The molecule has 0 saturated carbocycles. The van der Waals surface area contributed by atoms with E-state index in [0.717, 1.165) is 10.5 Å². The lowest BCUT2D eigenvalue weighted by Gasteiger charge is -2.38. The molecule has 0 unspecified atom stereocenters. The van der Waals surface area contributed by atoms with Crippen LogP contribution in [0.3, 0.4) is 0 Å². The fraction of sp³-hybridized carbons (Fsp3) is 0.211. The molecule has 2 aromatic carbocycles. The SMILES string of the molecule is O=C1CN(C(=O)OCc2ccccc2)[C@H](C(=O)O)[C@@H](c2ccccc2)N1. The van der Waals surface area contributed by atoms with E-state index in [1.165, 1.54) is 0 Å². The van der Waals surface area contributed by atoms with Crippen molar-refractivity contribution in [1.29, 1.82) is 0 Å². The fourth-order valence-corrected chi connectivity index (χ4v) is 2.91. The number of carboxylic acid groups (broad SMARTS) is 1. The summed E-state index contributed by atoms with van der Waals surface area (Å²) in [6.45, 7) is -0.367. The number of nitrogens with zero attached hydrogens (tertiary/aromatic N) is 1. The molecule has 0 bridgehead atoms. The average molecular weight is 354 g/mol. The Balaban J connectivity index is 1.80. The number of hydrogen-bond donors (Lipinski definition) is 2. The standard InChI is InChI=1S/C19H18N2O5/c22-15-11-21(19(25)26-12-13-7-3-1-4-8-13)17(18(23)24)16(20-15)14-9-5-2-6-10-14/h1-10,16-17H,11-12H2,(H,20,22)(H,23,24)/t16-,17+/m1/s1. The lowest BCUT2D eigenvalue weighted by Crippen LogP contribution is -2.60. The second-order valence-electron chi connectivity index (χ2n) is 5.91. The Morgan fingerprint density at radius 3 is 2.31 bits per heavy atom. The van der Waals surface area contributed by atoms with Crippen LogP contribution in [0.1, 0.15) is 17.2 Å². The highest BCUT2D eigenvalue weighted by Gasteiger charge is 2.43. The molecule has 2 N–H and O–H groups in total. The molecule has 1 aliphatic heterocycles. The lowest BCUT2D eigenvalue weighted by molar-refractivity contribution is -0.147. The van der Waals surface area contributed by atoms with E-state index in [1.807, 2.05) is 18.2 Å². The molecule has 0 spiro atoms. The zero-order chi connectivity index (χ0) is 18.5. The van der Waals surface area contributed by atoms with Crippen molar-refractivity contribution in [2.75, 3.05) is 6.54 Å². The molecule has 0 aromatic heterocycles. The van der Waals surface area contributed by atoms with Gasteiger partial charge in [-0.25, -0.2) is 9.59 Å². The number of carboxylic acids is 1. The molecule has 26 heavy (non-hydrogen) atoms. The summed E-state index contributed by atoms with van der Waals surface area (Å²) < 4.78 is 5.22. The van der Waals surface area contributed by atoms with Crippen molar-refractivity contribution in [3.8, 4) is 0 Å². The van der Waals surface area contributed by atoms with Crippen LogP contribution in [0.25, 0.3) is 0 Å². The second-order valence-corrected chi connectivity index (χ2v) is 5.91. The van der Waals surface area contributed by atoms with E-state index >= 15 is 0 Å². The third-order valence-corrected chi connectivity index (χ3v) is 4.13. The Morgan fingerprint density at radius 1 is 1.08 bits per heavy atom. The average Bonchev–Trinajstić information content (AvgIpc) is 2.66. The van der Waals surface area contributed by atoms with Gasteiger partial charge in [-0.2, -0.15) is 0 Å². The molecular formula is C19H18N2O5. The number of carbonyl (C=O) groups is 3. The lowest BCUT2D eigenvalue weighted by atomic mass is 9.96. The third-order valence-electron chi connectivity index (χ3n) is 4.13. The van der Waals surface area contributed by atoms with Crippen LogP contribution in [-0.4, -0.2) is 40.6 Å². The first-order valence-corrected chi connectivity index (χ1v) is 8.10. The van der Waals surface area contributed by atoms with Gasteiger partial charge in [-0.05, 0) is 11.1 Å². The predicted molar refractivity (Wildman–Crippen MR) is 92.1 cm³/mol. The number of rotatable bonds is 4.